The molecule has 0 bridgehead atoms. The molecule has 0 amide bonds. The van der Waals surface area contributed by atoms with Crippen LogP contribution in [0.15, 0.2) is 66.0 Å². The third-order valence-corrected chi connectivity index (χ3v) is 6.93. The fourth-order valence-corrected chi connectivity index (χ4v) is 5.60. The number of ether oxygens (including phenoxy) is 2. The minimum Gasteiger partial charge on any atom is -0.457 e. The summed E-state index contributed by atoms with van der Waals surface area (Å²) in [6.45, 7) is 0. The predicted octanol–water partition coefficient (Wildman–Crippen LogP) is 8.00. The number of thiophene rings is 1. The van der Waals surface area contributed by atoms with Crippen LogP contribution in [0.25, 0.3) is 10.1 Å². The molecule has 0 aliphatic rings. The maximum absolute atomic E-state index is 12.8. The Morgan fingerprint density at radius 2 is 1.59 bits per heavy atom. The number of rotatable bonds is 6. The summed E-state index contributed by atoms with van der Waals surface area (Å²) in [4.78, 5) is 0. The van der Waals surface area contributed by atoms with Crippen molar-refractivity contribution < 1.29 is 31.1 Å². The van der Waals surface area contributed by atoms with Gasteiger partial charge >= 0.3 is 6.36 Å². The molecule has 0 aliphatic carbocycles. The van der Waals surface area contributed by atoms with Gasteiger partial charge in [0, 0.05) is 15.8 Å². The first-order chi connectivity index (χ1) is 15.9. The van der Waals surface area contributed by atoms with Crippen molar-refractivity contribution in [2.24, 2.45) is 0 Å². The highest BCUT2D eigenvalue weighted by molar-refractivity contribution is 7.92. The molecule has 0 aliphatic heterocycles. The minimum atomic E-state index is -4.81. The molecule has 0 N–H and O–H groups in total. The lowest BCUT2D eigenvalue weighted by Gasteiger charge is -2.24. The predicted molar refractivity (Wildman–Crippen MR) is 128 cm³/mol. The summed E-state index contributed by atoms with van der Waals surface area (Å²) in [6.07, 6.45) is -3.78. The van der Waals surface area contributed by atoms with Crippen LogP contribution in [-0.2, 0) is 10.0 Å². The molecule has 0 saturated heterocycles. The first-order valence-electron chi connectivity index (χ1n) is 9.40. The van der Waals surface area contributed by atoms with Gasteiger partial charge in [-0.2, -0.15) is 0 Å². The molecular weight excluding hydrogens is 534 g/mol. The quantitative estimate of drug-likeness (QED) is 0.245. The largest absolute Gasteiger partial charge is 0.573 e. The first-order valence-corrected chi connectivity index (χ1v) is 12.9. The van der Waals surface area contributed by atoms with Crippen molar-refractivity contribution in [2.45, 2.75) is 6.36 Å². The summed E-state index contributed by atoms with van der Waals surface area (Å²) in [5.41, 5.74) is 0.399. The molecule has 1 aromatic heterocycles. The SMILES string of the molecule is CS(=O)(=O)N(c1cc(Cl)cc(Oc2ccc(OC(F)(F)F)cc2)c1)c1cc2ccsc2cc1Cl. The molecule has 1 heterocycles. The smallest absolute Gasteiger partial charge is 0.457 e. The lowest BCUT2D eigenvalue weighted by atomic mass is 10.2. The van der Waals surface area contributed by atoms with Gasteiger partial charge in [-0.15, -0.1) is 24.5 Å². The molecule has 4 aromatic rings. The average Bonchev–Trinajstić information content (AvgIpc) is 3.14. The molecule has 3 aromatic carbocycles. The summed E-state index contributed by atoms with van der Waals surface area (Å²) in [5, 5.41) is 3.08. The molecule has 0 unspecified atom stereocenters. The maximum atomic E-state index is 12.8. The van der Waals surface area contributed by atoms with E-state index in [1.165, 1.54) is 41.7 Å². The van der Waals surface area contributed by atoms with E-state index in [2.05, 4.69) is 4.74 Å². The van der Waals surface area contributed by atoms with Gasteiger partial charge in [0.25, 0.3) is 0 Å². The third-order valence-electron chi connectivity index (χ3n) is 4.46. The Balaban J connectivity index is 1.71. The average molecular weight is 548 g/mol. The molecule has 34 heavy (non-hydrogen) atoms. The number of alkyl halides is 3. The van der Waals surface area contributed by atoms with Crippen LogP contribution in [0.1, 0.15) is 0 Å². The number of sulfonamides is 1. The van der Waals surface area contributed by atoms with E-state index < -0.39 is 22.1 Å². The second-order valence-corrected chi connectivity index (χ2v) is 10.7. The van der Waals surface area contributed by atoms with Crippen LogP contribution in [0.5, 0.6) is 17.2 Å². The van der Waals surface area contributed by atoms with E-state index in [0.29, 0.717) is 0 Å². The van der Waals surface area contributed by atoms with Crippen LogP contribution in [0.4, 0.5) is 24.5 Å². The lowest BCUT2D eigenvalue weighted by molar-refractivity contribution is -0.274. The summed E-state index contributed by atoms with van der Waals surface area (Å²) in [7, 11) is -3.86. The molecule has 0 saturated carbocycles. The van der Waals surface area contributed by atoms with Crippen LogP contribution >= 0.6 is 34.5 Å². The Kier molecular flexibility index (Phi) is 6.61. The van der Waals surface area contributed by atoms with Crippen molar-refractivity contribution in [3.05, 3.63) is 76.1 Å². The minimum absolute atomic E-state index is 0.161. The topological polar surface area (TPSA) is 55.8 Å². The number of hydrogen-bond acceptors (Lipinski definition) is 5. The van der Waals surface area contributed by atoms with Crippen molar-refractivity contribution in [1.82, 2.24) is 0 Å². The normalized spacial score (nSPS) is 12.1. The van der Waals surface area contributed by atoms with Crippen molar-refractivity contribution >= 4 is 66.0 Å². The zero-order chi connectivity index (χ0) is 24.7. The van der Waals surface area contributed by atoms with E-state index in [9.17, 15) is 21.6 Å². The highest BCUT2D eigenvalue weighted by Gasteiger charge is 2.31. The molecule has 0 fully saturated rings. The standard InChI is InChI=1S/C22H14Cl2F3NO4S2/c1-34(29,30)28(20-8-13-6-7-33-21(13)12-19(20)24)15-9-14(23)10-18(11-15)31-16-2-4-17(5-3-16)32-22(25,26)27/h2-12H,1H3. The van der Waals surface area contributed by atoms with Gasteiger partial charge in [-0.3, -0.25) is 0 Å². The Hall–Kier alpha value is -2.66. The van der Waals surface area contributed by atoms with Crippen LogP contribution < -0.4 is 13.8 Å². The second-order valence-electron chi connectivity index (χ2n) is 7.06. The fraction of sp³-hybridized carbons (Fsp3) is 0.0909. The van der Waals surface area contributed by atoms with E-state index in [1.54, 1.807) is 12.1 Å². The lowest BCUT2D eigenvalue weighted by Crippen LogP contribution is -2.25. The number of nitrogens with zero attached hydrogens (tertiary/aromatic N) is 1. The summed E-state index contributed by atoms with van der Waals surface area (Å²) >= 11 is 14.1. The highest BCUT2D eigenvalue weighted by atomic mass is 35.5. The molecule has 0 atom stereocenters. The Bertz CT molecular complexity index is 1460. The van der Waals surface area contributed by atoms with Gasteiger partial charge in [-0.05, 0) is 65.4 Å². The Morgan fingerprint density at radius 3 is 2.24 bits per heavy atom. The third kappa shape index (κ3) is 5.69. The molecular formula is C22H14Cl2F3NO4S2. The molecule has 178 valence electrons. The fourth-order valence-electron chi connectivity index (χ4n) is 3.21. The van der Waals surface area contributed by atoms with Crippen LogP contribution in [-0.4, -0.2) is 21.0 Å². The van der Waals surface area contributed by atoms with E-state index >= 15 is 0 Å². The van der Waals surface area contributed by atoms with Gasteiger partial charge < -0.3 is 9.47 Å². The van der Waals surface area contributed by atoms with E-state index in [1.807, 2.05) is 11.4 Å². The van der Waals surface area contributed by atoms with Gasteiger partial charge in [-0.25, -0.2) is 12.7 Å². The molecule has 0 radical (unpaired) electrons. The second kappa shape index (κ2) is 9.18. The zero-order valence-electron chi connectivity index (χ0n) is 17.1. The number of hydrogen-bond donors (Lipinski definition) is 0. The van der Waals surface area contributed by atoms with Gasteiger partial charge in [0.15, 0.2) is 0 Å². The van der Waals surface area contributed by atoms with Gasteiger partial charge in [0.05, 0.1) is 22.7 Å². The summed E-state index contributed by atoms with van der Waals surface area (Å²) < 4.78 is 74.1. The van der Waals surface area contributed by atoms with E-state index in [-0.39, 0.29) is 32.9 Å². The van der Waals surface area contributed by atoms with Crippen molar-refractivity contribution in [2.75, 3.05) is 10.6 Å². The van der Waals surface area contributed by atoms with Gasteiger partial charge in [0.1, 0.15) is 17.2 Å². The van der Waals surface area contributed by atoms with E-state index in [4.69, 9.17) is 27.9 Å². The monoisotopic (exact) mass is 547 g/mol. The molecule has 12 heteroatoms. The van der Waals surface area contributed by atoms with Crippen molar-refractivity contribution in [3.63, 3.8) is 0 Å². The van der Waals surface area contributed by atoms with Crippen LogP contribution in [0.3, 0.4) is 0 Å². The molecule has 4 rings (SSSR count). The number of benzene rings is 3. The number of anilines is 2. The van der Waals surface area contributed by atoms with Crippen molar-refractivity contribution in [1.29, 1.82) is 0 Å². The Morgan fingerprint density at radius 1 is 0.912 bits per heavy atom. The van der Waals surface area contributed by atoms with E-state index in [0.717, 1.165) is 32.8 Å². The first kappa shape index (κ1) is 24.5. The molecule has 5 nitrogen and oxygen atoms in total. The van der Waals surface area contributed by atoms with Gasteiger partial charge in [-0.1, -0.05) is 23.2 Å². The molecule has 0 spiro atoms. The van der Waals surface area contributed by atoms with Crippen LogP contribution in [0, 0.1) is 0 Å². The Labute approximate surface area is 206 Å². The van der Waals surface area contributed by atoms with Crippen LogP contribution in [0.2, 0.25) is 10.0 Å². The number of fused-ring (bicyclic) bond motifs is 1. The van der Waals surface area contributed by atoms with Gasteiger partial charge in [0.2, 0.25) is 10.0 Å². The highest BCUT2D eigenvalue weighted by Crippen LogP contribution is 2.41. The number of halogens is 5. The van der Waals surface area contributed by atoms with Crippen molar-refractivity contribution in [3.8, 4) is 17.2 Å². The zero-order valence-corrected chi connectivity index (χ0v) is 20.3. The summed E-state index contributed by atoms with van der Waals surface area (Å²) in [6, 6.07) is 14.2. The maximum Gasteiger partial charge on any atom is 0.573 e. The summed E-state index contributed by atoms with van der Waals surface area (Å²) in [5.74, 6) is -0.0619.